The maximum Gasteiger partial charge on any atom is 0.227 e. The normalized spacial score (nSPS) is 14.9. The minimum absolute atomic E-state index is 0.0146. The summed E-state index contributed by atoms with van der Waals surface area (Å²) in [4.78, 5) is 23.7. The second-order valence-electron chi connectivity index (χ2n) is 6.67. The standard InChI is InChI=1S/C21H22N4O2/c1-27-19-9-5-4-8-18(19)24-21(26)15-10-12-25(13-11-15)20-16-6-2-3-7-17(16)22-14-23-20/h2-9,14-15H,10-13H2,1H3,(H,24,26). The number of nitrogens with zero attached hydrogens (tertiary/aromatic N) is 3. The summed E-state index contributed by atoms with van der Waals surface area (Å²) in [6.07, 6.45) is 3.19. The number of ether oxygens (including phenoxy) is 1. The molecule has 6 nitrogen and oxygen atoms in total. The minimum atomic E-state index is -0.0146. The van der Waals surface area contributed by atoms with Gasteiger partial charge < -0.3 is 15.0 Å². The van der Waals surface area contributed by atoms with E-state index in [0.717, 1.165) is 42.7 Å². The third-order valence-electron chi connectivity index (χ3n) is 5.05. The van der Waals surface area contributed by atoms with Crippen molar-refractivity contribution in [2.75, 3.05) is 30.4 Å². The monoisotopic (exact) mass is 362 g/mol. The Balaban J connectivity index is 1.43. The van der Waals surface area contributed by atoms with E-state index < -0.39 is 0 Å². The first-order chi connectivity index (χ1) is 13.3. The molecule has 0 aliphatic carbocycles. The molecule has 138 valence electrons. The Labute approximate surface area is 158 Å². The van der Waals surface area contributed by atoms with Crippen molar-refractivity contribution in [2.45, 2.75) is 12.8 Å². The fourth-order valence-electron chi connectivity index (χ4n) is 3.58. The van der Waals surface area contributed by atoms with Gasteiger partial charge in [-0.25, -0.2) is 9.97 Å². The van der Waals surface area contributed by atoms with Gasteiger partial charge in [0, 0.05) is 24.4 Å². The molecule has 27 heavy (non-hydrogen) atoms. The number of rotatable bonds is 4. The quantitative estimate of drug-likeness (QED) is 0.769. The summed E-state index contributed by atoms with van der Waals surface area (Å²) in [7, 11) is 1.61. The number of benzene rings is 2. The summed E-state index contributed by atoms with van der Waals surface area (Å²) >= 11 is 0. The van der Waals surface area contributed by atoms with Gasteiger partial charge in [-0.3, -0.25) is 4.79 Å². The molecule has 1 N–H and O–H groups in total. The number of fused-ring (bicyclic) bond motifs is 1. The van der Waals surface area contributed by atoms with E-state index in [9.17, 15) is 4.79 Å². The van der Waals surface area contributed by atoms with Crippen LogP contribution in [0.1, 0.15) is 12.8 Å². The summed E-state index contributed by atoms with van der Waals surface area (Å²) in [6, 6.07) is 15.5. The second kappa shape index (κ2) is 7.61. The Hall–Kier alpha value is -3.15. The molecule has 1 aromatic heterocycles. The van der Waals surface area contributed by atoms with Gasteiger partial charge in [-0.15, -0.1) is 0 Å². The lowest BCUT2D eigenvalue weighted by Crippen LogP contribution is -2.38. The average Bonchev–Trinajstić information content (AvgIpc) is 2.74. The molecule has 0 atom stereocenters. The van der Waals surface area contributed by atoms with Gasteiger partial charge >= 0.3 is 0 Å². The summed E-state index contributed by atoms with van der Waals surface area (Å²) in [6.45, 7) is 1.59. The molecule has 0 unspecified atom stereocenters. The number of anilines is 2. The molecular weight excluding hydrogens is 340 g/mol. The SMILES string of the molecule is COc1ccccc1NC(=O)C1CCN(c2ncnc3ccccc23)CC1. The van der Waals surface area contributed by atoms with E-state index in [0.29, 0.717) is 11.4 Å². The number of hydrogen-bond donors (Lipinski definition) is 1. The molecule has 0 radical (unpaired) electrons. The van der Waals surface area contributed by atoms with Crippen molar-refractivity contribution in [1.29, 1.82) is 0 Å². The minimum Gasteiger partial charge on any atom is -0.495 e. The third kappa shape index (κ3) is 3.56. The Morgan fingerprint density at radius 2 is 1.81 bits per heavy atom. The zero-order chi connectivity index (χ0) is 18.6. The number of piperidine rings is 1. The van der Waals surface area contributed by atoms with Gasteiger partial charge in [-0.1, -0.05) is 24.3 Å². The van der Waals surface area contributed by atoms with Crippen LogP contribution in [-0.2, 0) is 4.79 Å². The van der Waals surface area contributed by atoms with Crippen molar-refractivity contribution in [3.63, 3.8) is 0 Å². The largest absolute Gasteiger partial charge is 0.495 e. The Bertz CT molecular complexity index is 946. The van der Waals surface area contributed by atoms with Crippen LogP contribution in [0.3, 0.4) is 0 Å². The van der Waals surface area contributed by atoms with Crippen molar-refractivity contribution >= 4 is 28.3 Å². The number of hydrogen-bond acceptors (Lipinski definition) is 5. The lowest BCUT2D eigenvalue weighted by Gasteiger charge is -2.32. The van der Waals surface area contributed by atoms with Crippen LogP contribution in [0, 0.1) is 5.92 Å². The molecule has 0 saturated carbocycles. The lowest BCUT2D eigenvalue weighted by atomic mass is 9.95. The van der Waals surface area contributed by atoms with Crippen molar-refractivity contribution < 1.29 is 9.53 Å². The molecule has 2 heterocycles. The van der Waals surface area contributed by atoms with Crippen LogP contribution in [0.4, 0.5) is 11.5 Å². The first kappa shape index (κ1) is 17.3. The van der Waals surface area contributed by atoms with Crippen LogP contribution in [-0.4, -0.2) is 36.1 Å². The highest BCUT2D eigenvalue weighted by molar-refractivity contribution is 5.94. The summed E-state index contributed by atoms with van der Waals surface area (Å²) in [5.41, 5.74) is 1.66. The van der Waals surface area contributed by atoms with Crippen LogP contribution >= 0.6 is 0 Å². The number of carbonyl (C=O) groups is 1. The fourth-order valence-corrected chi connectivity index (χ4v) is 3.58. The molecule has 1 saturated heterocycles. The van der Waals surface area contributed by atoms with E-state index in [-0.39, 0.29) is 11.8 Å². The van der Waals surface area contributed by atoms with Gasteiger partial charge in [-0.05, 0) is 37.1 Å². The predicted octanol–water partition coefficient (Wildman–Crippen LogP) is 3.49. The molecule has 3 aromatic rings. The Morgan fingerprint density at radius 1 is 1.07 bits per heavy atom. The van der Waals surface area contributed by atoms with E-state index in [2.05, 4.69) is 20.2 Å². The van der Waals surface area contributed by atoms with Crippen LogP contribution < -0.4 is 15.0 Å². The van der Waals surface area contributed by atoms with E-state index in [4.69, 9.17) is 4.74 Å². The molecule has 1 aliphatic rings. The van der Waals surface area contributed by atoms with Crippen molar-refractivity contribution in [3.8, 4) is 5.75 Å². The maximum absolute atomic E-state index is 12.7. The zero-order valence-corrected chi connectivity index (χ0v) is 15.3. The summed E-state index contributed by atoms with van der Waals surface area (Å²) < 4.78 is 5.31. The number of carbonyl (C=O) groups excluding carboxylic acids is 1. The number of para-hydroxylation sites is 3. The predicted molar refractivity (Wildman–Crippen MR) is 106 cm³/mol. The van der Waals surface area contributed by atoms with Crippen LogP contribution in [0.5, 0.6) is 5.75 Å². The summed E-state index contributed by atoms with van der Waals surface area (Å²) in [5, 5.41) is 4.06. The van der Waals surface area contributed by atoms with Gasteiger partial charge in [0.1, 0.15) is 17.9 Å². The first-order valence-electron chi connectivity index (χ1n) is 9.15. The van der Waals surface area contributed by atoms with E-state index in [1.165, 1.54) is 0 Å². The van der Waals surface area contributed by atoms with E-state index in [1.54, 1.807) is 13.4 Å². The smallest absolute Gasteiger partial charge is 0.227 e. The average molecular weight is 362 g/mol. The number of amides is 1. The highest BCUT2D eigenvalue weighted by Gasteiger charge is 2.27. The van der Waals surface area contributed by atoms with Crippen LogP contribution in [0.15, 0.2) is 54.9 Å². The van der Waals surface area contributed by atoms with Gasteiger partial charge in [0.2, 0.25) is 5.91 Å². The topological polar surface area (TPSA) is 67.3 Å². The molecule has 1 fully saturated rings. The van der Waals surface area contributed by atoms with Crippen LogP contribution in [0.2, 0.25) is 0 Å². The van der Waals surface area contributed by atoms with E-state index >= 15 is 0 Å². The zero-order valence-electron chi connectivity index (χ0n) is 15.3. The highest BCUT2D eigenvalue weighted by Crippen LogP contribution is 2.29. The van der Waals surface area contributed by atoms with Gasteiger partial charge in [0.25, 0.3) is 0 Å². The second-order valence-corrected chi connectivity index (χ2v) is 6.67. The highest BCUT2D eigenvalue weighted by atomic mass is 16.5. The number of aromatic nitrogens is 2. The Kier molecular flexibility index (Phi) is 4.87. The molecule has 4 rings (SSSR count). The molecule has 6 heteroatoms. The molecule has 1 amide bonds. The maximum atomic E-state index is 12.7. The van der Waals surface area contributed by atoms with Gasteiger partial charge in [0.05, 0.1) is 18.3 Å². The van der Waals surface area contributed by atoms with E-state index in [1.807, 2.05) is 48.5 Å². The van der Waals surface area contributed by atoms with Gasteiger partial charge in [0.15, 0.2) is 0 Å². The number of nitrogens with one attached hydrogen (secondary N) is 1. The third-order valence-corrected chi connectivity index (χ3v) is 5.05. The first-order valence-corrected chi connectivity index (χ1v) is 9.15. The molecule has 1 aliphatic heterocycles. The Morgan fingerprint density at radius 3 is 2.63 bits per heavy atom. The van der Waals surface area contributed by atoms with Crippen molar-refractivity contribution in [2.24, 2.45) is 5.92 Å². The fraction of sp³-hybridized carbons (Fsp3) is 0.286. The van der Waals surface area contributed by atoms with Crippen molar-refractivity contribution in [3.05, 3.63) is 54.9 Å². The molecule has 0 spiro atoms. The molecule has 2 aromatic carbocycles. The van der Waals surface area contributed by atoms with Gasteiger partial charge in [-0.2, -0.15) is 0 Å². The molecular formula is C21H22N4O2. The lowest BCUT2D eigenvalue weighted by molar-refractivity contribution is -0.120. The molecule has 0 bridgehead atoms. The summed E-state index contributed by atoms with van der Waals surface area (Å²) in [5.74, 6) is 1.66. The van der Waals surface area contributed by atoms with Crippen molar-refractivity contribution in [1.82, 2.24) is 9.97 Å². The van der Waals surface area contributed by atoms with Crippen LogP contribution in [0.25, 0.3) is 10.9 Å². The number of methoxy groups -OCH3 is 1.